The van der Waals surface area contributed by atoms with Gasteiger partial charge in [0.2, 0.25) is 0 Å². The van der Waals surface area contributed by atoms with Crippen LogP contribution in [0.2, 0.25) is 0 Å². The van der Waals surface area contributed by atoms with Gasteiger partial charge in [-0.1, -0.05) is 13.2 Å². The molecule has 0 fully saturated rings. The van der Waals surface area contributed by atoms with E-state index in [0.717, 1.165) is 49.8 Å². The summed E-state index contributed by atoms with van der Waals surface area (Å²) in [5, 5.41) is 0. The Kier molecular flexibility index (Phi) is 13.8. The third-order valence-corrected chi connectivity index (χ3v) is 5.39. The maximum Gasteiger partial charge on any atom is 0.343 e. The Bertz CT molecular complexity index is 1060. The highest BCUT2D eigenvalue weighted by atomic mass is 16.5. The minimum atomic E-state index is -0.450. The van der Waals surface area contributed by atoms with E-state index in [0.29, 0.717) is 55.7 Å². The number of aryl methyl sites for hydroxylation is 1. The van der Waals surface area contributed by atoms with E-state index in [-0.39, 0.29) is 0 Å². The fourth-order valence-corrected chi connectivity index (χ4v) is 3.33. The average Bonchev–Trinajstić information content (AvgIpc) is 2.92. The van der Waals surface area contributed by atoms with Crippen LogP contribution in [0.15, 0.2) is 67.8 Å². The summed E-state index contributed by atoms with van der Waals surface area (Å²) in [7, 11) is 0. The van der Waals surface area contributed by atoms with Crippen LogP contribution in [-0.4, -0.2) is 44.3 Å². The summed E-state index contributed by atoms with van der Waals surface area (Å²) in [5.74, 6) is 0.488. The quantitative estimate of drug-likeness (QED) is 0.105. The van der Waals surface area contributed by atoms with Gasteiger partial charge in [0.15, 0.2) is 0 Å². The van der Waals surface area contributed by atoms with Crippen LogP contribution in [0.3, 0.4) is 0 Å². The largest absolute Gasteiger partial charge is 0.494 e. The van der Waals surface area contributed by atoms with E-state index in [1.54, 1.807) is 36.4 Å². The molecule has 0 aliphatic carbocycles. The van der Waals surface area contributed by atoms with Crippen LogP contribution in [0.5, 0.6) is 17.2 Å². The molecule has 0 aliphatic heterocycles. The van der Waals surface area contributed by atoms with E-state index >= 15 is 0 Å². The lowest BCUT2D eigenvalue weighted by Gasteiger charge is -2.11. The third kappa shape index (κ3) is 11.8. The van der Waals surface area contributed by atoms with Gasteiger partial charge < -0.3 is 23.7 Å². The molecule has 0 aromatic heterocycles. The van der Waals surface area contributed by atoms with Gasteiger partial charge >= 0.3 is 17.9 Å². The normalized spacial score (nSPS) is 10.2. The number of ether oxygens (including phenoxy) is 5. The topological polar surface area (TPSA) is 97.4 Å². The van der Waals surface area contributed by atoms with Crippen molar-refractivity contribution in [2.75, 3.05) is 26.4 Å². The molecule has 2 aromatic rings. The lowest BCUT2D eigenvalue weighted by atomic mass is 10.1. The molecule has 0 heterocycles. The van der Waals surface area contributed by atoms with Gasteiger partial charge in [0, 0.05) is 12.2 Å². The summed E-state index contributed by atoms with van der Waals surface area (Å²) >= 11 is 0. The van der Waals surface area contributed by atoms with Crippen molar-refractivity contribution in [3.63, 3.8) is 0 Å². The summed E-state index contributed by atoms with van der Waals surface area (Å²) < 4.78 is 26.8. The molecule has 2 rings (SSSR count). The monoisotopic (exact) mass is 524 g/mol. The first-order valence-corrected chi connectivity index (χ1v) is 12.7. The molecule has 0 N–H and O–H groups in total. The van der Waals surface area contributed by atoms with Crippen LogP contribution < -0.4 is 14.2 Å². The van der Waals surface area contributed by atoms with Crippen molar-refractivity contribution in [3.8, 4) is 17.2 Å². The maximum absolute atomic E-state index is 12.6. The van der Waals surface area contributed by atoms with Gasteiger partial charge in [0.25, 0.3) is 0 Å². The molecule has 0 saturated heterocycles. The van der Waals surface area contributed by atoms with Gasteiger partial charge in [-0.25, -0.2) is 14.4 Å². The zero-order chi connectivity index (χ0) is 27.6. The summed E-state index contributed by atoms with van der Waals surface area (Å²) in [6.45, 7) is 10.3. The molecular formula is C30H36O8. The second-order valence-electron chi connectivity index (χ2n) is 8.40. The molecule has 0 bridgehead atoms. The Morgan fingerprint density at radius 1 is 0.658 bits per heavy atom. The zero-order valence-electron chi connectivity index (χ0n) is 21.9. The molecule has 0 saturated carbocycles. The second-order valence-corrected chi connectivity index (χ2v) is 8.40. The summed E-state index contributed by atoms with van der Waals surface area (Å²) in [5.41, 5.74) is 1.22. The predicted octanol–water partition coefficient (Wildman–Crippen LogP) is 5.77. The van der Waals surface area contributed by atoms with E-state index in [2.05, 4.69) is 13.2 Å². The number of carbonyl (C=O) groups is 3. The Morgan fingerprint density at radius 2 is 1.13 bits per heavy atom. The van der Waals surface area contributed by atoms with Gasteiger partial charge in [0.1, 0.15) is 17.2 Å². The average molecular weight is 525 g/mol. The summed E-state index contributed by atoms with van der Waals surface area (Å²) in [6.07, 6.45) is 7.31. The van der Waals surface area contributed by atoms with Crippen LogP contribution in [0, 0.1) is 6.92 Å². The predicted molar refractivity (Wildman–Crippen MR) is 144 cm³/mol. The van der Waals surface area contributed by atoms with Gasteiger partial charge in [-0.15, -0.1) is 0 Å². The second kappa shape index (κ2) is 17.4. The molecule has 0 unspecified atom stereocenters. The molecule has 8 heteroatoms. The number of carbonyl (C=O) groups excluding carboxylic acids is 3. The molecule has 2 aromatic carbocycles. The maximum atomic E-state index is 12.6. The third-order valence-electron chi connectivity index (χ3n) is 5.39. The molecular weight excluding hydrogens is 488 g/mol. The van der Waals surface area contributed by atoms with Gasteiger partial charge in [0.05, 0.1) is 32.0 Å². The van der Waals surface area contributed by atoms with E-state index in [9.17, 15) is 14.4 Å². The van der Waals surface area contributed by atoms with Crippen molar-refractivity contribution in [3.05, 3.63) is 78.9 Å². The Morgan fingerprint density at radius 3 is 1.71 bits per heavy atom. The van der Waals surface area contributed by atoms with Crippen molar-refractivity contribution in [2.24, 2.45) is 0 Å². The van der Waals surface area contributed by atoms with E-state index in [1.165, 1.54) is 0 Å². The van der Waals surface area contributed by atoms with Crippen LogP contribution in [0.1, 0.15) is 54.4 Å². The van der Waals surface area contributed by atoms with Crippen LogP contribution >= 0.6 is 0 Å². The highest BCUT2D eigenvalue weighted by Gasteiger charge is 2.13. The molecule has 0 radical (unpaired) electrons. The molecule has 0 atom stereocenters. The fourth-order valence-electron chi connectivity index (χ4n) is 3.33. The minimum absolute atomic E-state index is 0.327. The molecule has 204 valence electrons. The van der Waals surface area contributed by atoms with Crippen molar-refractivity contribution >= 4 is 17.9 Å². The Balaban J connectivity index is 1.68. The van der Waals surface area contributed by atoms with Crippen molar-refractivity contribution in [2.45, 2.75) is 45.4 Å². The summed E-state index contributed by atoms with van der Waals surface area (Å²) in [6, 6.07) is 12.1. The highest BCUT2D eigenvalue weighted by molar-refractivity contribution is 5.92. The van der Waals surface area contributed by atoms with Gasteiger partial charge in [-0.3, -0.25) is 0 Å². The fraction of sp³-hybridized carbons (Fsp3) is 0.367. The molecule has 0 spiro atoms. The lowest BCUT2D eigenvalue weighted by Crippen LogP contribution is -2.10. The SMILES string of the molecule is C=CC(=O)OCCCCCCOc1ccc(C(=O)Oc2ccc(OCCCCOC(=O)C=C)cc2)c(C)c1. The van der Waals surface area contributed by atoms with E-state index in [1.807, 2.05) is 13.0 Å². The molecule has 0 aliphatic rings. The lowest BCUT2D eigenvalue weighted by molar-refractivity contribution is -0.138. The first kappa shape index (κ1) is 30.2. The first-order valence-electron chi connectivity index (χ1n) is 12.7. The molecule has 0 amide bonds. The number of esters is 3. The van der Waals surface area contributed by atoms with Crippen molar-refractivity contribution < 1.29 is 38.1 Å². The smallest absolute Gasteiger partial charge is 0.343 e. The van der Waals surface area contributed by atoms with Crippen molar-refractivity contribution in [1.82, 2.24) is 0 Å². The van der Waals surface area contributed by atoms with Crippen molar-refractivity contribution in [1.29, 1.82) is 0 Å². The zero-order valence-corrected chi connectivity index (χ0v) is 21.9. The standard InChI is InChI=1S/C30H36O8/c1-4-28(31)36-20-9-7-6-8-18-35-26-16-17-27(23(3)22-26)30(33)38-25-14-12-24(13-15-25)34-19-10-11-21-37-29(32)5-2/h4-5,12-17,22H,1-2,6-11,18-21H2,3H3. The van der Waals surface area contributed by atoms with Gasteiger partial charge in [-0.05, 0) is 93.5 Å². The van der Waals surface area contributed by atoms with E-state index in [4.69, 9.17) is 23.7 Å². The highest BCUT2D eigenvalue weighted by Crippen LogP contribution is 2.22. The number of rotatable bonds is 18. The Labute approximate surface area is 224 Å². The minimum Gasteiger partial charge on any atom is -0.494 e. The molecule has 38 heavy (non-hydrogen) atoms. The van der Waals surface area contributed by atoms with Gasteiger partial charge in [-0.2, -0.15) is 0 Å². The van der Waals surface area contributed by atoms with E-state index < -0.39 is 17.9 Å². The number of unbranched alkanes of at least 4 members (excludes halogenated alkanes) is 4. The summed E-state index contributed by atoms with van der Waals surface area (Å²) in [4.78, 5) is 34.6. The number of hydrogen-bond acceptors (Lipinski definition) is 8. The Hall–Kier alpha value is -4.07. The molecule has 8 nitrogen and oxygen atoms in total. The van der Waals surface area contributed by atoms with Crippen LogP contribution in [0.25, 0.3) is 0 Å². The number of benzene rings is 2. The van der Waals surface area contributed by atoms with Crippen LogP contribution in [-0.2, 0) is 19.1 Å². The number of hydrogen-bond donors (Lipinski definition) is 0. The van der Waals surface area contributed by atoms with Crippen LogP contribution in [0.4, 0.5) is 0 Å². The first-order chi connectivity index (χ1) is 18.4.